The first-order valence-electron chi connectivity index (χ1n) is 5.06. The average molecular weight is 230 g/mol. The van der Waals surface area contributed by atoms with Crippen LogP contribution in [0.3, 0.4) is 0 Å². The largest absolute Gasteiger partial charge is 0.707 e. The van der Waals surface area contributed by atoms with E-state index in [2.05, 4.69) is 4.65 Å². The number of halogens is 2. The Bertz CT molecular complexity index is 358. The van der Waals surface area contributed by atoms with Crippen LogP contribution in [0.4, 0.5) is 8.78 Å². The summed E-state index contributed by atoms with van der Waals surface area (Å²) in [6.07, 6.45) is 2.09. The van der Waals surface area contributed by atoms with E-state index in [4.69, 9.17) is 10.0 Å². The van der Waals surface area contributed by atoms with Crippen LogP contribution in [0.2, 0.25) is 0 Å². The molecule has 0 aliphatic carbocycles. The standard InChI is InChI=1S/C10H13BF2O3/c1-2-3-4-7-5-6-8(16-11(14)15)10(13)9(7)12/h5-6,14-15H,2-4H2,1H3. The van der Waals surface area contributed by atoms with Crippen LogP contribution in [0.5, 0.6) is 5.75 Å². The fourth-order valence-electron chi connectivity index (χ4n) is 1.34. The molecule has 3 nitrogen and oxygen atoms in total. The van der Waals surface area contributed by atoms with Crippen molar-refractivity contribution in [2.24, 2.45) is 0 Å². The number of aryl methyl sites for hydroxylation is 1. The van der Waals surface area contributed by atoms with Crippen molar-refractivity contribution in [2.75, 3.05) is 0 Å². The van der Waals surface area contributed by atoms with Crippen molar-refractivity contribution < 1.29 is 23.5 Å². The van der Waals surface area contributed by atoms with Crippen LogP contribution in [-0.4, -0.2) is 17.4 Å². The van der Waals surface area contributed by atoms with Crippen molar-refractivity contribution in [3.8, 4) is 5.75 Å². The molecule has 0 saturated carbocycles. The molecule has 0 aliphatic heterocycles. The zero-order valence-corrected chi connectivity index (χ0v) is 8.91. The summed E-state index contributed by atoms with van der Waals surface area (Å²) in [7, 11) is -2.16. The molecule has 0 bridgehead atoms. The van der Waals surface area contributed by atoms with Crippen molar-refractivity contribution >= 4 is 7.32 Å². The van der Waals surface area contributed by atoms with Gasteiger partial charge in [-0.2, -0.15) is 4.39 Å². The van der Waals surface area contributed by atoms with E-state index in [-0.39, 0.29) is 5.56 Å². The predicted octanol–water partition coefficient (Wildman–Crippen LogP) is 1.66. The van der Waals surface area contributed by atoms with E-state index >= 15 is 0 Å². The summed E-state index contributed by atoms with van der Waals surface area (Å²) in [6.45, 7) is 1.95. The van der Waals surface area contributed by atoms with Crippen molar-refractivity contribution in [1.29, 1.82) is 0 Å². The molecule has 6 heteroatoms. The summed E-state index contributed by atoms with van der Waals surface area (Å²) in [5.41, 5.74) is 0.263. The van der Waals surface area contributed by atoms with Gasteiger partial charge in [0.25, 0.3) is 0 Å². The maximum atomic E-state index is 13.4. The lowest BCUT2D eigenvalue weighted by Gasteiger charge is -2.09. The fraction of sp³-hybridized carbons (Fsp3) is 0.400. The van der Waals surface area contributed by atoms with E-state index < -0.39 is 24.7 Å². The molecule has 0 heterocycles. The van der Waals surface area contributed by atoms with Gasteiger partial charge < -0.3 is 14.7 Å². The third kappa shape index (κ3) is 3.18. The molecule has 0 saturated heterocycles. The lowest BCUT2D eigenvalue weighted by Crippen LogP contribution is -2.21. The molecule has 16 heavy (non-hydrogen) atoms. The summed E-state index contributed by atoms with van der Waals surface area (Å²) in [5.74, 6) is -2.69. The molecule has 0 spiro atoms. The molecular weight excluding hydrogens is 217 g/mol. The van der Waals surface area contributed by atoms with E-state index in [9.17, 15) is 8.78 Å². The summed E-state index contributed by atoms with van der Waals surface area (Å²) in [5, 5.41) is 17.0. The number of benzene rings is 1. The van der Waals surface area contributed by atoms with Gasteiger partial charge in [0.15, 0.2) is 11.6 Å². The Kier molecular flexibility index (Phi) is 4.70. The van der Waals surface area contributed by atoms with Crippen LogP contribution >= 0.6 is 0 Å². The van der Waals surface area contributed by atoms with Gasteiger partial charge in [-0.1, -0.05) is 19.4 Å². The zero-order chi connectivity index (χ0) is 12.1. The monoisotopic (exact) mass is 230 g/mol. The fourth-order valence-corrected chi connectivity index (χ4v) is 1.34. The Morgan fingerprint density at radius 1 is 1.25 bits per heavy atom. The number of hydrogen-bond donors (Lipinski definition) is 2. The van der Waals surface area contributed by atoms with Crippen LogP contribution in [-0.2, 0) is 6.42 Å². The number of hydrogen-bond acceptors (Lipinski definition) is 3. The first kappa shape index (κ1) is 12.9. The van der Waals surface area contributed by atoms with E-state index in [0.717, 1.165) is 12.8 Å². The molecule has 0 fully saturated rings. The summed E-state index contributed by atoms with van der Waals surface area (Å²) in [6, 6.07) is 2.56. The Hall–Kier alpha value is -1.14. The second-order valence-corrected chi connectivity index (χ2v) is 3.40. The SMILES string of the molecule is CCCCc1ccc(OB(O)O)c(F)c1F. The molecule has 1 aromatic carbocycles. The minimum absolute atomic E-state index is 0.263. The minimum Gasteiger partial charge on any atom is -0.509 e. The van der Waals surface area contributed by atoms with Gasteiger partial charge in [0, 0.05) is 0 Å². The molecule has 0 unspecified atom stereocenters. The van der Waals surface area contributed by atoms with E-state index in [1.54, 1.807) is 0 Å². The van der Waals surface area contributed by atoms with Crippen molar-refractivity contribution in [3.05, 3.63) is 29.3 Å². The molecule has 0 amide bonds. The molecule has 0 atom stereocenters. The average Bonchev–Trinajstić information content (AvgIpc) is 2.23. The van der Waals surface area contributed by atoms with E-state index in [1.807, 2.05) is 6.92 Å². The first-order chi connectivity index (χ1) is 7.56. The van der Waals surface area contributed by atoms with Crippen molar-refractivity contribution in [1.82, 2.24) is 0 Å². The molecule has 0 aromatic heterocycles. The van der Waals surface area contributed by atoms with Gasteiger partial charge in [0.2, 0.25) is 0 Å². The Labute approximate surface area is 92.9 Å². The highest BCUT2D eigenvalue weighted by Crippen LogP contribution is 2.23. The highest BCUT2D eigenvalue weighted by atomic mass is 19.2. The van der Waals surface area contributed by atoms with Gasteiger partial charge in [0.05, 0.1) is 0 Å². The minimum atomic E-state index is -2.16. The normalized spacial score (nSPS) is 10.3. The third-order valence-corrected chi connectivity index (χ3v) is 2.16. The maximum absolute atomic E-state index is 13.4. The molecule has 0 radical (unpaired) electrons. The van der Waals surface area contributed by atoms with Crippen LogP contribution in [0.15, 0.2) is 12.1 Å². The molecule has 1 aromatic rings. The lowest BCUT2D eigenvalue weighted by molar-refractivity contribution is 0.279. The summed E-state index contributed by atoms with van der Waals surface area (Å²) in [4.78, 5) is 0. The predicted molar refractivity (Wildman–Crippen MR) is 55.8 cm³/mol. The van der Waals surface area contributed by atoms with E-state index in [1.165, 1.54) is 12.1 Å². The molecule has 0 aliphatic rings. The number of unbranched alkanes of at least 4 members (excludes halogenated alkanes) is 1. The van der Waals surface area contributed by atoms with Gasteiger partial charge in [-0.3, -0.25) is 0 Å². The quantitative estimate of drug-likeness (QED) is 0.756. The smallest absolute Gasteiger partial charge is 0.509 e. The van der Waals surface area contributed by atoms with Crippen LogP contribution in [0.1, 0.15) is 25.3 Å². The number of rotatable bonds is 5. The van der Waals surface area contributed by atoms with Crippen LogP contribution in [0, 0.1) is 11.6 Å². The maximum Gasteiger partial charge on any atom is 0.707 e. The lowest BCUT2D eigenvalue weighted by atomic mass is 10.1. The Morgan fingerprint density at radius 3 is 2.50 bits per heavy atom. The molecule has 88 valence electrons. The van der Waals surface area contributed by atoms with E-state index in [0.29, 0.717) is 6.42 Å². The zero-order valence-electron chi connectivity index (χ0n) is 8.91. The van der Waals surface area contributed by atoms with Crippen molar-refractivity contribution in [3.63, 3.8) is 0 Å². The van der Waals surface area contributed by atoms with Gasteiger partial charge in [-0.05, 0) is 24.5 Å². The van der Waals surface area contributed by atoms with Crippen LogP contribution < -0.4 is 4.65 Å². The topological polar surface area (TPSA) is 49.7 Å². The molecule has 1 rings (SSSR count). The third-order valence-electron chi connectivity index (χ3n) is 2.16. The summed E-state index contributed by atoms with van der Waals surface area (Å²) >= 11 is 0. The summed E-state index contributed by atoms with van der Waals surface area (Å²) < 4.78 is 31.0. The first-order valence-corrected chi connectivity index (χ1v) is 5.06. The van der Waals surface area contributed by atoms with Gasteiger partial charge in [-0.15, -0.1) is 0 Å². The van der Waals surface area contributed by atoms with Crippen LogP contribution in [0.25, 0.3) is 0 Å². The highest BCUT2D eigenvalue weighted by molar-refractivity contribution is 6.33. The van der Waals surface area contributed by atoms with Gasteiger partial charge in [0.1, 0.15) is 5.75 Å². The molecule has 2 N–H and O–H groups in total. The second-order valence-electron chi connectivity index (χ2n) is 3.40. The second kappa shape index (κ2) is 5.82. The van der Waals surface area contributed by atoms with Crippen molar-refractivity contribution in [2.45, 2.75) is 26.2 Å². The van der Waals surface area contributed by atoms with Gasteiger partial charge >= 0.3 is 7.32 Å². The molecular formula is C10H13BF2O3. The highest BCUT2D eigenvalue weighted by Gasteiger charge is 2.19. The van der Waals surface area contributed by atoms with Gasteiger partial charge in [-0.25, -0.2) is 4.39 Å². The Balaban J connectivity index is 2.89. The Morgan fingerprint density at radius 2 is 1.94 bits per heavy atom.